The molecule has 0 radical (unpaired) electrons. The minimum absolute atomic E-state index is 0.0134. The molecule has 0 spiro atoms. The molecule has 0 bridgehead atoms. The average molecular weight is 509 g/mol. The van der Waals surface area contributed by atoms with Crippen molar-refractivity contribution in [3.8, 4) is 28.8 Å². The number of methoxy groups -OCH3 is 1. The SMILES string of the molecule is COc1cc2c(cc1C#CC(C)(C)S(=O)(=O)C1CC1)[C@H]1CCC(C)(C)N1n1cc(C(C)=O)c(=O)cc1-2. The molecular weight excluding hydrogens is 476 g/mol. The summed E-state index contributed by atoms with van der Waals surface area (Å²) in [6.07, 6.45) is 4.88. The molecule has 2 aliphatic heterocycles. The largest absolute Gasteiger partial charge is 0.495 e. The molecule has 1 aliphatic carbocycles. The number of pyridine rings is 1. The molecule has 1 atom stereocenters. The predicted molar refractivity (Wildman–Crippen MR) is 140 cm³/mol. The first-order valence-corrected chi connectivity index (χ1v) is 13.9. The fourth-order valence-corrected chi connectivity index (χ4v) is 7.27. The van der Waals surface area contributed by atoms with Gasteiger partial charge in [0.25, 0.3) is 0 Å². The van der Waals surface area contributed by atoms with E-state index >= 15 is 0 Å². The summed E-state index contributed by atoms with van der Waals surface area (Å²) in [5.41, 5.74) is 2.84. The van der Waals surface area contributed by atoms with Gasteiger partial charge in [-0.3, -0.25) is 19.3 Å². The number of nitrogens with zero attached hydrogens (tertiary/aromatic N) is 2. The van der Waals surface area contributed by atoms with Crippen LogP contribution in [-0.2, 0) is 9.84 Å². The van der Waals surface area contributed by atoms with Crippen LogP contribution in [0.5, 0.6) is 5.75 Å². The number of carbonyl (C=O) groups excluding carboxylic acids is 1. The van der Waals surface area contributed by atoms with Gasteiger partial charge in [-0.15, -0.1) is 0 Å². The maximum absolute atomic E-state index is 12.9. The van der Waals surface area contributed by atoms with Gasteiger partial charge in [-0.1, -0.05) is 11.8 Å². The van der Waals surface area contributed by atoms with Gasteiger partial charge in [0.2, 0.25) is 0 Å². The van der Waals surface area contributed by atoms with E-state index in [4.69, 9.17) is 4.74 Å². The van der Waals surface area contributed by atoms with Crippen LogP contribution in [0.25, 0.3) is 11.3 Å². The maximum Gasteiger partial charge on any atom is 0.193 e. The third-order valence-corrected chi connectivity index (χ3v) is 10.6. The molecule has 1 saturated heterocycles. The van der Waals surface area contributed by atoms with Gasteiger partial charge in [-0.2, -0.15) is 0 Å². The highest BCUT2D eigenvalue weighted by molar-refractivity contribution is 7.93. The second-order valence-corrected chi connectivity index (χ2v) is 14.0. The Balaban J connectivity index is 1.70. The molecule has 3 heterocycles. The zero-order valence-corrected chi connectivity index (χ0v) is 22.5. The van der Waals surface area contributed by atoms with E-state index in [-0.39, 0.29) is 33.6 Å². The quantitative estimate of drug-likeness (QED) is 0.459. The van der Waals surface area contributed by atoms with Crippen LogP contribution < -0.4 is 15.2 Å². The van der Waals surface area contributed by atoms with Crippen molar-refractivity contribution in [1.29, 1.82) is 0 Å². The van der Waals surface area contributed by atoms with E-state index < -0.39 is 14.6 Å². The number of ether oxygens (including phenoxy) is 1. The highest BCUT2D eigenvalue weighted by Crippen LogP contribution is 2.49. The molecule has 3 aliphatic rings. The standard InChI is InChI=1S/C28H32N2O5S/c1-17(31)22-16-29-24(15-25(22)32)21-14-26(35-6)18(9-12-28(4,5)36(33,34)19-7-8-19)13-20(21)23-10-11-27(2,3)30(23)29/h13-16,19,23H,7-8,10-11H2,1-6H3/t23-/m1/s1. The van der Waals surface area contributed by atoms with Crippen molar-refractivity contribution in [2.24, 2.45) is 0 Å². The fourth-order valence-electron chi connectivity index (χ4n) is 5.49. The molecule has 5 rings (SSSR count). The Morgan fingerprint density at radius 3 is 2.47 bits per heavy atom. The van der Waals surface area contributed by atoms with Crippen LogP contribution >= 0.6 is 0 Å². The lowest BCUT2D eigenvalue weighted by Gasteiger charge is -2.44. The van der Waals surface area contributed by atoms with E-state index in [0.29, 0.717) is 29.8 Å². The third kappa shape index (κ3) is 3.67. The molecule has 0 unspecified atom stereocenters. The Labute approximate surface area is 212 Å². The van der Waals surface area contributed by atoms with Gasteiger partial charge in [-0.25, -0.2) is 8.42 Å². The Kier molecular flexibility index (Phi) is 5.46. The normalized spacial score (nSPS) is 20.1. The number of fused-ring (bicyclic) bond motifs is 6. The Bertz CT molecular complexity index is 1520. The van der Waals surface area contributed by atoms with E-state index in [1.54, 1.807) is 27.2 Å². The summed E-state index contributed by atoms with van der Waals surface area (Å²) in [5.74, 6) is 6.39. The van der Waals surface area contributed by atoms with Crippen LogP contribution in [0.2, 0.25) is 0 Å². The Hall–Kier alpha value is -3.05. The highest BCUT2D eigenvalue weighted by atomic mass is 32.2. The molecule has 8 heteroatoms. The fraction of sp³-hybridized carbons (Fsp3) is 0.500. The number of Topliss-reactive ketones (excluding diaryl/α,β-unsaturated/α-hetero) is 1. The van der Waals surface area contributed by atoms with Gasteiger partial charge in [0.1, 0.15) is 10.5 Å². The van der Waals surface area contributed by atoms with E-state index in [0.717, 1.165) is 24.0 Å². The third-order valence-electron chi connectivity index (χ3n) is 7.77. The van der Waals surface area contributed by atoms with Crippen molar-refractivity contribution < 1.29 is 17.9 Å². The number of aromatic nitrogens is 1. The summed E-state index contributed by atoms with van der Waals surface area (Å²) >= 11 is 0. The lowest BCUT2D eigenvalue weighted by atomic mass is 9.91. The Morgan fingerprint density at radius 2 is 1.86 bits per heavy atom. The Morgan fingerprint density at radius 1 is 1.17 bits per heavy atom. The highest BCUT2D eigenvalue weighted by Gasteiger charge is 2.46. The minimum atomic E-state index is -3.35. The van der Waals surface area contributed by atoms with Crippen LogP contribution in [0.15, 0.2) is 29.2 Å². The molecule has 1 aromatic carbocycles. The lowest BCUT2D eigenvalue weighted by Crippen LogP contribution is -2.50. The zero-order valence-electron chi connectivity index (χ0n) is 21.6. The molecule has 36 heavy (non-hydrogen) atoms. The van der Waals surface area contributed by atoms with Crippen LogP contribution in [0.3, 0.4) is 0 Å². The van der Waals surface area contributed by atoms with Crippen molar-refractivity contribution in [1.82, 2.24) is 4.68 Å². The van der Waals surface area contributed by atoms with Crippen molar-refractivity contribution in [2.45, 2.75) is 81.9 Å². The number of rotatable bonds is 4. The number of hydrogen-bond donors (Lipinski definition) is 0. The summed E-state index contributed by atoms with van der Waals surface area (Å²) in [6, 6.07) is 5.39. The summed E-state index contributed by atoms with van der Waals surface area (Å²) in [4.78, 5) is 25.0. The first-order valence-electron chi connectivity index (χ1n) is 12.3. The number of carbonyl (C=O) groups is 1. The molecule has 0 N–H and O–H groups in total. The average Bonchev–Trinajstić information content (AvgIpc) is 3.61. The van der Waals surface area contributed by atoms with Crippen molar-refractivity contribution in [2.75, 3.05) is 12.1 Å². The first-order chi connectivity index (χ1) is 16.8. The van der Waals surface area contributed by atoms with E-state index in [1.807, 2.05) is 16.8 Å². The second-order valence-electron chi connectivity index (χ2n) is 11.2. The maximum atomic E-state index is 12.9. The molecule has 2 aromatic rings. The number of ketones is 1. The summed E-state index contributed by atoms with van der Waals surface area (Å²) in [5, 5.41) is 1.94. The van der Waals surface area contributed by atoms with Crippen LogP contribution in [0.4, 0.5) is 0 Å². The monoisotopic (exact) mass is 508 g/mol. The molecular formula is C28H32N2O5S. The lowest BCUT2D eigenvalue weighted by molar-refractivity contribution is 0.101. The smallest absolute Gasteiger partial charge is 0.193 e. The van der Waals surface area contributed by atoms with Gasteiger partial charge < -0.3 is 4.74 Å². The van der Waals surface area contributed by atoms with Crippen LogP contribution in [-0.4, -0.2) is 41.5 Å². The van der Waals surface area contributed by atoms with Gasteiger partial charge in [-0.05, 0) is 78.0 Å². The van der Waals surface area contributed by atoms with Gasteiger partial charge in [0.15, 0.2) is 21.0 Å². The zero-order chi connectivity index (χ0) is 26.2. The van der Waals surface area contributed by atoms with Crippen molar-refractivity contribution >= 4 is 15.6 Å². The summed E-state index contributed by atoms with van der Waals surface area (Å²) < 4.78 is 32.2. The molecule has 2 fully saturated rings. The van der Waals surface area contributed by atoms with Crippen molar-refractivity contribution in [3.63, 3.8) is 0 Å². The van der Waals surface area contributed by atoms with Crippen LogP contribution in [0.1, 0.15) is 87.8 Å². The number of sulfone groups is 1. The second kappa shape index (κ2) is 7.97. The van der Waals surface area contributed by atoms with E-state index in [1.165, 1.54) is 13.0 Å². The number of hydrogen-bond acceptors (Lipinski definition) is 6. The number of benzene rings is 1. The van der Waals surface area contributed by atoms with E-state index in [9.17, 15) is 18.0 Å². The van der Waals surface area contributed by atoms with Gasteiger partial charge >= 0.3 is 0 Å². The van der Waals surface area contributed by atoms with Crippen molar-refractivity contribution in [3.05, 3.63) is 51.3 Å². The van der Waals surface area contributed by atoms with Crippen LogP contribution in [0, 0.1) is 11.8 Å². The molecule has 7 nitrogen and oxygen atoms in total. The molecule has 1 saturated carbocycles. The summed E-state index contributed by atoms with van der Waals surface area (Å²) in [6.45, 7) is 9.04. The first kappa shape index (κ1) is 24.6. The molecule has 1 aromatic heterocycles. The van der Waals surface area contributed by atoms with E-state index in [2.05, 4.69) is 30.7 Å². The summed E-state index contributed by atoms with van der Waals surface area (Å²) in [7, 11) is -1.79. The minimum Gasteiger partial charge on any atom is -0.495 e. The van der Waals surface area contributed by atoms with Gasteiger partial charge in [0, 0.05) is 17.8 Å². The molecule has 0 amide bonds. The predicted octanol–water partition coefficient (Wildman–Crippen LogP) is 4.00. The topological polar surface area (TPSA) is 85.7 Å². The molecule has 190 valence electrons. The van der Waals surface area contributed by atoms with Gasteiger partial charge in [0.05, 0.1) is 40.8 Å².